The fourth-order valence-corrected chi connectivity index (χ4v) is 2.43. The molecule has 1 aliphatic rings. The molecule has 0 spiro atoms. The molecule has 0 amide bonds. The third-order valence-corrected chi connectivity index (χ3v) is 3.52. The van der Waals surface area contributed by atoms with Crippen molar-refractivity contribution in [3.63, 3.8) is 0 Å². The molecule has 1 unspecified atom stereocenters. The van der Waals surface area contributed by atoms with Crippen molar-refractivity contribution in [3.8, 4) is 0 Å². The summed E-state index contributed by atoms with van der Waals surface area (Å²) in [6.45, 7) is 1.92. The van der Waals surface area contributed by atoms with Crippen LogP contribution in [0.25, 0.3) is 0 Å². The number of rotatable bonds is 4. The summed E-state index contributed by atoms with van der Waals surface area (Å²) >= 11 is 0. The Labute approximate surface area is 111 Å². The van der Waals surface area contributed by atoms with E-state index in [1.54, 1.807) is 24.8 Å². The highest BCUT2D eigenvalue weighted by atomic mass is 16.3. The molecular weight excluding hydrogens is 240 g/mol. The number of pyridine rings is 1. The molecule has 5 nitrogen and oxygen atoms in total. The first-order valence-electron chi connectivity index (χ1n) is 6.42. The molecule has 0 radical (unpaired) electrons. The van der Waals surface area contributed by atoms with Gasteiger partial charge in [0.15, 0.2) is 0 Å². The van der Waals surface area contributed by atoms with Gasteiger partial charge in [-0.2, -0.15) is 10.2 Å². The Hall–Kier alpha value is -2.01. The molecular formula is C14H16N4O. The average Bonchev–Trinajstić information content (AvgIpc) is 2.44. The molecule has 0 aromatic carbocycles. The number of anilines is 1. The van der Waals surface area contributed by atoms with Crippen molar-refractivity contribution in [1.82, 2.24) is 15.2 Å². The Morgan fingerprint density at radius 2 is 2.11 bits per heavy atom. The van der Waals surface area contributed by atoms with Crippen LogP contribution in [0.5, 0.6) is 0 Å². The third-order valence-electron chi connectivity index (χ3n) is 3.52. The van der Waals surface area contributed by atoms with E-state index < -0.39 is 6.10 Å². The average molecular weight is 256 g/mol. The van der Waals surface area contributed by atoms with Gasteiger partial charge in [-0.25, -0.2) is 0 Å². The Balaban J connectivity index is 1.52. The van der Waals surface area contributed by atoms with Gasteiger partial charge in [0.05, 0.1) is 24.2 Å². The second-order valence-corrected chi connectivity index (χ2v) is 4.91. The van der Waals surface area contributed by atoms with Crippen molar-refractivity contribution < 1.29 is 5.11 Å². The lowest BCUT2D eigenvalue weighted by Gasteiger charge is -2.41. The molecule has 5 heteroatoms. The quantitative estimate of drug-likeness (QED) is 0.896. The maximum atomic E-state index is 10.1. The van der Waals surface area contributed by atoms with Crippen molar-refractivity contribution in [2.24, 2.45) is 5.92 Å². The van der Waals surface area contributed by atoms with Gasteiger partial charge in [-0.3, -0.25) is 4.98 Å². The zero-order valence-corrected chi connectivity index (χ0v) is 10.6. The predicted molar refractivity (Wildman–Crippen MR) is 71.5 cm³/mol. The normalized spacial score (nSPS) is 17.0. The first-order valence-corrected chi connectivity index (χ1v) is 6.42. The zero-order valence-electron chi connectivity index (χ0n) is 10.6. The zero-order chi connectivity index (χ0) is 13.1. The van der Waals surface area contributed by atoms with Gasteiger partial charge in [0.2, 0.25) is 0 Å². The summed E-state index contributed by atoms with van der Waals surface area (Å²) in [7, 11) is 0. The van der Waals surface area contributed by atoms with Gasteiger partial charge in [0, 0.05) is 25.5 Å². The Morgan fingerprint density at radius 3 is 2.79 bits per heavy atom. The van der Waals surface area contributed by atoms with Gasteiger partial charge >= 0.3 is 0 Å². The van der Waals surface area contributed by atoms with E-state index in [9.17, 15) is 5.11 Å². The molecule has 0 bridgehead atoms. The van der Waals surface area contributed by atoms with Crippen LogP contribution in [0.3, 0.4) is 0 Å². The smallest absolute Gasteiger partial charge is 0.0808 e. The van der Waals surface area contributed by atoms with E-state index in [0.717, 1.165) is 30.8 Å². The van der Waals surface area contributed by atoms with Crippen molar-refractivity contribution in [2.75, 3.05) is 18.0 Å². The number of nitrogens with zero attached hydrogens (tertiary/aromatic N) is 4. The van der Waals surface area contributed by atoms with Gasteiger partial charge < -0.3 is 10.0 Å². The SMILES string of the molecule is OC(CC1CN(c2ccnnc2)C1)c1cccnc1. The molecule has 1 fully saturated rings. The molecule has 19 heavy (non-hydrogen) atoms. The van der Waals surface area contributed by atoms with Crippen molar-refractivity contribution in [3.05, 3.63) is 48.5 Å². The molecule has 3 heterocycles. The maximum absolute atomic E-state index is 10.1. The van der Waals surface area contributed by atoms with Crippen LogP contribution in [0.2, 0.25) is 0 Å². The molecule has 2 aromatic rings. The Bertz CT molecular complexity index is 513. The molecule has 98 valence electrons. The van der Waals surface area contributed by atoms with Crippen LogP contribution in [-0.4, -0.2) is 33.4 Å². The minimum Gasteiger partial charge on any atom is -0.388 e. The number of aliphatic hydroxyl groups excluding tert-OH is 1. The van der Waals surface area contributed by atoms with E-state index >= 15 is 0 Å². The molecule has 1 N–H and O–H groups in total. The number of aromatic nitrogens is 3. The Morgan fingerprint density at radius 1 is 1.21 bits per heavy atom. The third kappa shape index (κ3) is 2.71. The summed E-state index contributed by atoms with van der Waals surface area (Å²) < 4.78 is 0. The minimum atomic E-state index is -0.420. The van der Waals surface area contributed by atoms with E-state index in [1.807, 2.05) is 18.2 Å². The summed E-state index contributed by atoms with van der Waals surface area (Å²) in [5.41, 5.74) is 1.99. The lowest BCUT2D eigenvalue weighted by Crippen LogP contribution is -2.47. The van der Waals surface area contributed by atoms with Crippen LogP contribution in [0.4, 0.5) is 5.69 Å². The van der Waals surface area contributed by atoms with Gasteiger partial charge in [0.1, 0.15) is 0 Å². The van der Waals surface area contributed by atoms with Crippen molar-refractivity contribution >= 4 is 5.69 Å². The van der Waals surface area contributed by atoms with Gasteiger partial charge in [0.25, 0.3) is 0 Å². The fraction of sp³-hybridized carbons (Fsp3) is 0.357. The van der Waals surface area contributed by atoms with Crippen LogP contribution in [0, 0.1) is 5.92 Å². The fourth-order valence-electron chi connectivity index (χ4n) is 2.43. The van der Waals surface area contributed by atoms with Crippen LogP contribution in [0.15, 0.2) is 43.0 Å². The summed E-state index contributed by atoms with van der Waals surface area (Å²) in [4.78, 5) is 6.28. The molecule has 3 rings (SSSR count). The molecule has 1 saturated heterocycles. The summed E-state index contributed by atoms with van der Waals surface area (Å²) in [6, 6.07) is 5.73. The number of aliphatic hydroxyl groups is 1. The highest BCUT2D eigenvalue weighted by Crippen LogP contribution is 2.30. The van der Waals surface area contributed by atoms with Crippen molar-refractivity contribution in [1.29, 1.82) is 0 Å². The summed E-state index contributed by atoms with van der Waals surface area (Å²) in [5, 5.41) is 17.8. The lowest BCUT2D eigenvalue weighted by molar-refractivity contribution is 0.134. The van der Waals surface area contributed by atoms with E-state index in [0.29, 0.717) is 5.92 Å². The number of hydrogen-bond acceptors (Lipinski definition) is 5. The minimum absolute atomic E-state index is 0.420. The molecule has 2 aromatic heterocycles. The van der Waals surface area contributed by atoms with Crippen molar-refractivity contribution in [2.45, 2.75) is 12.5 Å². The molecule has 0 aliphatic carbocycles. The van der Waals surface area contributed by atoms with E-state index in [4.69, 9.17) is 0 Å². The van der Waals surface area contributed by atoms with Gasteiger partial charge in [-0.1, -0.05) is 6.07 Å². The summed E-state index contributed by atoms with van der Waals surface area (Å²) in [6.07, 6.45) is 7.28. The lowest BCUT2D eigenvalue weighted by atomic mass is 9.91. The van der Waals surface area contributed by atoms with E-state index in [-0.39, 0.29) is 0 Å². The van der Waals surface area contributed by atoms with Crippen LogP contribution < -0.4 is 4.90 Å². The second-order valence-electron chi connectivity index (χ2n) is 4.91. The Kier molecular flexibility index (Phi) is 3.37. The largest absolute Gasteiger partial charge is 0.388 e. The molecule has 0 saturated carbocycles. The summed E-state index contributed by atoms with van der Waals surface area (Å²) in [5.74, 6) is 0.517. The van der Waals surface area contributed by atoms with Crippen LogP contribution in [-0.2, 0) is 0 Å². The van der Waals surface area contributed by atoms with Crippen LogP contribution >= 0.6 is 0 Å². The number of hydrogen-bond donors (Lipinski definition) is 1. The predicted octanol–water partition coefficient (Wildman–Crippen LogP) is 1.43. The molecule has 1 atom stereocenters. The first-order chi connectivity index (χ1) is 9.33. The van der Waals surface area contributed by atoms with E-state index in [1.165, 1.54) is 0 Å². The highest BCUT2D eigenvalue weighted by Gasteiger charge is 2.29. The topological polar surface area (TPSA) is 62.1 Å². The maximum Gasteiger partial charge on any atom is 0.0808 e. The molecule has 1 aliphatic heterocycles. The van der Waals surface area contributed by atoms with E-state index in [2.05, 4.69) is 20.1 Å². The highest BCUT2D eigenvalue weighted by molar-refractivity contribution is 5.45. The van der Waals surface area contributed by atoms with Gasteiger partial charge in [-0.15, -0.1) is 0 Å². The van der Waals surface area contributed by atoms with Gasteiger partial charge in [-0.05, 0) is 30.0 Å². The standard InChI is InChI=1S/C14H16N4O/c19-14(12-2-1-4-15-7-12)6-11-9-18(10-11)13-3-5-16-17-8-13/h1-5,7-8,11,14,19H,6,9-10H2. The van der Waals surface area contributed by atoms with Crippen LogP contribution in [0.1, 0.15) is 18.1 Å². The second kappa shape index (κ2) is 5.32. The monoisotopic (exact) mass is 256 g/mol. The first kappa shape index (κ1) is 12.0.